The third-order valence-corrected chi connectivity index (χ3v) is 5.01. The van der Waals surface area contributed by atoms with Gasteiger partial charge >= 0.3 is 12.1 Å². The summed E-state index contributed by atoms with van der Waals surface area (Å²) in [6.07, 6.45) is -0.781. The summed E-state index contributed by atoms with van der Waals surface area (Å²) in [6, 6.07) is 13.8. The number of fused-ring (bicyclic) bond motifs is 3. The number of carbonyl (C=O) groups is 3. The number of carboxylic acid groups (broad SMARTS) is 1. The summed E-state index contributed by atoms with van der Waals surface area (Å²) in [5.41, 5.74) is 4.38. The van der Waals surface area contributed by atoms with Gasteiger partial charge in [-0.1, -0.05) is 48.5 Å². The van der Waals surface area contributed by atoms with Crippen molar-refractivity contribution >= 4 is 18.0 Å². The third kappa shape index (κ3) is 4.60. The quantitative estimate of drug-likeness (QED) is 0.612. The van der Waals surface area contributed by atoms with Crippen LogP contribution in [0.2, 0.25) is 0 Å². The second kappa shape index (κ2) is 9.41. The number of hydrogen-bond acceptors (Lipinski definition) is 5. The topological polar surface area (TPSA) is 114 Å². The summed E-state index contributed by atoms with van der Waals surface area (Å²) < 4.78 is 10.4. The molecule has 2 aromatic rings. The van der Waals surface area contributed by atoms with Gasteiger partial charge in [0.25, 0.3) is 0 Å². The number of aliphatic carboxylic acids is 1. The minimum Gasteiger partial charge on any atom is -0.480 e. The van der Waals surface area contributed by atoms with E-state index >= 15 is 0 Å². The zero-order chi connectivity index (χ0) is 21.7. The molecule has 1 aliphatic rings. The van der Waals surface area contributed by atoms with Gasteiger partial charge in [-0.15, -0.1) is 0 Å². The smallest absolute Gasteiger partial charge is 0.407 e. The van der Waals surface area contributed by atoms with Gasteiger partial charge in [-0.2, -0.15) is 0 Å². The summed E-state index contributed by atoms with van der Waals surface area (Å²) in [5, 5.41) is 13.7. The fraction of sp³-hybridized carbons (Fsp3) is 0.318. The van der Waals surface area contributed by atoms with Crippen LogP contribution in [0.15, 0.2) is 48.5 Å². The number of carbonyl (C=O) groups excluding carboxylic acids is 2. The van der Waals surface area contributed by atoms with E-state index < -0.39 is 30.1 Å². The van der Waals surface area contributed by atoms with Crippen LogP contribution < -0.4 is 10.6 Å². The average molecular weight is 412 g/mol. The molecular weight excluding hydrogens is 388 g/mol. The van der Waals surface area contributed by atoms with Crippen molar-refractivity contribution in [1.82, 2.24) is 10.6 Å². The van der Waals surface area contributed by atoms with Gasteiger partial charge in [0.1, 0.15) is 18.7 Å². The molecule has 0 aromatic heterocycles. The molecule has 0 radical (unpaired) electrons. The molecule has 3 N–H and O–H groups in total. The molecule has 0 fully saturated rings. The third-order valence-electron chi connectivity index (χ3n) is 5.01. The number of hydrogen-bond donors (Lipinski definition) is 3. The highest BCUT2D eigenvalue weighted by atomic mass is 16.5. The number of methoxy groups -OCH3 is 1. The van der Waals surface area contributed by atoms with Crippen LogP contribution in [0, 0.1) is 0 Å². The van der Waals surface area contributed by atoms with Crippen molar-refractivity contribution < 1.29 is 29.0 Å². The Bertz CT molecular complexity index is 899. The molecule has 0 saturated heterocycles. The number of carboxylic acids is 1. The predicted molar refractivity (Wildman–Crippen MR) is 109 cm³/mol. The van der Waals surface area contributed by atoms with Crippen LogP contribution in [0.4, 0.5) is 4.79 Å². The number of alkyl carbamates (subject to hydrolysis) is 1. The van der Waals surface area contributed by atoms with Crippen molar-refractivity contribution in [1.29, 1.82) is 0 Å². The number of amides is 2. The van der Waals surface area contributed by atoms with Gasteiger partial charge in [-0.3, -0.25) is 9.59 Å². The average Bonchev–Trinajstić information content (AvgIpc) is 3.05. The molecule has 2 amide bonds. The van der Waals surface area contributed by atoms with Gasteiger partial charge in [0.15, 0.2) is 0 Å². The molecule has 8 nitrogen and oxygen atoms in total. The van der Waals surface area contributed by atoms with Crippen LogP contribution in [0.1, 0.15) is 24.0 Å². The highest BCUT2D eigenvalue weighted by Crippen LogP contribution is 2.44. The van der Waals surface area contributed by atoms with E-state index in [1.165, 1.54) is 14.0 Å². The molecule has 1 aliphatic carbocycles. The highest BCUT2D eigenvalue weighted by Gasteiger charge is 2.30. The van der Waals surface area contributed by atoms with E-state index in [1.807, 2.05) is 48.5 Å². The molecule has 0 heterocycles. The summed E-state index contributed by atoms with van der Waals surface area (Å²) in [4.78, 5) is 35.5. The second-order valence-corrected chi connectivity index (χ2v) is 7.05. The fourth-order valence-corrected chi connectivity index (χ4v) is 3.51. The Kier molecular flexibility index (Phi) is 6.68. The lowest BCUT2D eigenvalue weighted by Crippen LogP contribution is -2.52. The van der Waals surface area contributed by atoms with Crippen molar-refractivity contribution in [3.8, 4) is 11.1 Å². The standard InChI is InChI=1S/C22H24N2O6/c1-13(21(26)27)23-20(25)19(12-29-2)24-22(28)30-11-18-16-9-5-3-7-14(16)15-8-4-6-10-17(15)18/h3-10,13,18-19H,11-12H2,1-2H3,(H,23,25)(H,24,28)(H,26,27)/t13-,19+/m1/s1. The lowest BCUT2D eigenvalue weighted by molar-refractivity contribution is -0.141. The molecule has 30 heavy (non-hydrogen) atoms. The van der Waals surface area contributed by atoms with Crippen molar-refractivity contribution in [3.05, 3.63) is 59.7 Å². The predicted octanol–water partition coefficient (Wildman–Crippen LogP) is 2.13. The molecule has 3 rings (SSSR count). The van der Waals surface area contributed by atoms with Crippen molar-refractivity contribution in [2.24, 2.45) is 0 Å². The molecule has 158 valence electrons. The Morgan fingerprint density at radius 2 is 1.57 bits per heavy atom. The Morgan fingerprint density at radius 1 is 1.00 bits per heavy atom. The van der Waals surface area contributed by atoms with Gasteiger partial charge in [0.05, 0.1) is 6.61 Å². The summed E-state index contributed by atoms with van der Waals surface area (Å²) >= 11 is 0. The fourth-order valence-electron chi connectivity index (χ4n) is 3.51. The summed E-state index contributed by atoms with van der Waals surface area (Å²) in [7, 11) is 1.38. The number of benzene rings is 2. The first-order chi connectivity index (χ1) is 14.4. The molecule has 2 aromatic carbocycles. The number of ether oxygens (including phenoxy) is 2. The van der Waals surface area contributed by atoms with Crippen LogP contribution in [0.3, 0.4) is 0 Å². The molecule has 0 saturated carbocycles. The van der Waals surface area contributed by atoms with Gasteiger partial charge in [0.2, 0.25) is 5.91 Å². The van der Waals surface area contributed by atoms with Gasteiger partial charge in [-0.05, 0) is 29.2 Å². The van der Waals surface area contributed by atoms with E-state index in [-0.39, 0.29) is 19.1 Å². The van der Waals surface area contributed by atoms with E-state index in [1.54, 1.807) is 0 Å². The molecule has 0 aliphatic heterocycles. The minimum atomic E-state index is -1.18. The molecule has 8 heteroatoms. The van der Waals surface area contributed by atoms with Crippen LogP contribution in [0.5, 0.6) is 0 Å². The molecule has 0 unspecified atom stereocenters. The summed E-state index contributed by atoms with van der Waals surface area (Å²) in [6.45, 7) is 1.31. The first kappa shape index (κ1) is 21.3. The number of rotatable bonds is 8. The van der Waals surface area contributed by atoms with E-state index in [2.05, 4.69) is 10.6 Å². The Labute approximate surface area is 174 Å². The first-order valence-corrected chi connectivity index (χ1v) is 9.56. The van der Waals surface area contributed by atoms with E-state index in [0.29, 0.717) is 0 Å². The lowest BCUT2D eigenvalue weighted by Gasteiger charge is -2.20. The van der Waals surface area contributed by atoms with Gasteiger partial charge < -0.3 is 25.2 Å². The molecule has 0 spiro atoms. The molecule has 2 atom stereocenters. The van der Waals surface area contributed by atoms with E-state index in [4.69, 9.17) is 14.6 Å². The van der Waals surface area contributed by atoms with Crippen LogP contribution >= 0.6 is 0 Å². The highest BCUT2D eigenvalue weighted by molar-refractivity contribution is 5.89. The maximum Gasteiger partial charge on any atom is 0.407 e. The monoisotopic (exact) mass is 412 g/mol. The van der Waals surface area contributed by atoms with E-state index in [9.17, 15) is 14.4 Å². The Hall–Kier alpha value is -3.39. The molecular formula is C22H24N2O6. The largest absolute Gasteiger partial charge is 0.480 e. The normalized spacial score (nSPS) is 14.2. The number of nitrogens with one attached hydrogen (secondary N) is 2. The van der Waals surface area contributed by atoms with Crippen LogP contribution in [-0.4, -0.2) is 55.5 Å². The Balaban J connectivity index is 1.65. The lowest BCUT2D eigenvalue weighted by atomic mass is 9.98. The van der Waals surface area contributed by atoms with Gasteiger partial charge in [-0.25, -0.2) is 4.79 Å². The maximum atomic E-state index is 12.3. The van der Waals surface area contributed by atoms with Crippen LogP contribution in [-0.2, 0) is 19.1 Å². The van der Waals surface area contributed by atoms with Crippen molar-refractivity contribution in [2.75, 3.05) is 20.3 Å². The van der Waals surface area contributed by atoms with Gasteiger partial charge in [0, 0.05) is 13.0 Å². The Morgan fingerprint density at radius 3 is 2.10 bits per heavy atom. The van der Waals surface area contributed by atoms with Crippen molar-refractivity contribution in [3.63, 3.8) is 0 Å². The minimum absolute atomic E-state index is 0.104. The maximum absolute atomic E-state index is 12.3. The summed E-state index contributed by atoms with van der Waals surface area (Å²) in [5.74, 6) is -1.95. The second-order valence-electron chi connectivity index (χ2n) is 7.05. The van der Waals surface area contributed by atoms with Crippen LogP contribution in [0.25, 0.3) is 11.1 Å². The zero-order valence-corrected chi connectivity index (χ0v) is 16.8. The zero-order valence-electron chi connectivity index (χ0n) is 16.8. The first-order valence-electron chi connectivity index (χ1n) is 9.56. The SMILES string of the molecule is COC[C@H](NC(=O)OCC1c2ccccc2-c2ccccc21)C(=O)N[C@H](C)C(=O)O. The van der Waals surface area contributed by atoms with Crippen molar-refractivity contribution in [2.45, 2.75) is 24.9 Å². The van der Waals surface area contributed by atoms with E-state index in [0.717, 1.165) is 22.3 Å². The molecule has 0 bridgehead atoms.